The molecule has 0 bridgehead atoms. The number of hydrogen-bond donors (Lipinski definition) is 1. The first-order chi connectivity index (χ1) is 12.2. The Morgan fingerprint density at radius 3 is 2.42 bits per heavy atom. The van der Waals surface area contributed by atoms with Crippen molar-refractivity contribution in [1.82, 2.24) is 10.2 Å². The van der Waals surface area contributed by atoms with Gasteiger partial charge in [0.2, 0.25) is 11.8 Å². The zero-order valence-corrected chi connectivity index (χ0v) is 15.1. The lowest BCUT2D eigenvalue weighted by molar-refractivity contribution is -0.384. The summed E-state index contributed by atoms with van der Waals surface area (Å²) in [5.41, 5.74) is 0.0893. The molecule has 0 radical (unpaired) electrons. The minimum Gasteiger partial charge on any atom is -0.349 e. The van der Waals surface area contributed by atoms with Crippen LogP contribution in [-0.4, -0.2) is 33.2 Å². The van der Waals surface area contributed by atoms with Crippen molar-refractivity contribution in [2.75, 3.05) is 0 Å². The third-order valence-corrected chi connectivity index (χ3v) is 4.77. The van der Waals surface area contributed by atoms with Crippen molar-refractivity contribution < 1.29 is 14.5 Å². The van der Waals surface area contributed by atoms with E-state index in [9.17, 15) is 19.7 Å². The molecular weight excluding hydrogens is 334 g/mol. The lowest BCUT2D eigenvalue weighted by Gasteiger charge is -2.51. The molecule has 1 aromatic carbocycles. The second-order valence-corrected chi connectivity index (χ2v) is 7.85. The van der Waals surface area contributed by atoms with Gasteiger partial charge in [-0.2, -0.15) is 0 Å². The second-order valence-electron chi connectivity index (χ2n) is 7.85. The lowest BCUT2D eigenvalue weighted by atomic mass is 9.77. The number of amides is 2. The van der Waals surface area contributed by atoms with E-state index in [2.05, 4.69) is 5.32 Å². The Hall–Kier alpha value is -2.70. The summed E-state index contributed by atoms with van der Waals surface area (Å²) in [5.74, 6) is -0.373. The van der Waals surface area contributed by atoms with Crippen molar-refractivity contribution in [2.45, 2.75) is 51.2 Å². The number of benzene rings is 1. The van der Waals surface area contributed by atoms with Gasteiger partial charge >= 0.3 is 0 Å². The largest absolute Gasteiger partial charge is 0.349 e. The maximum atomic E-state index is 13.0. The number of hydrogen-bond acceptors (Lipinski definition) is 4. The van der Waals surface area contributed by atoms with Gasteiger partial charge in [-0.3, -0.25) is 19.7 Å². The molecule has 1 unspecified atom stereocenters. The predicted molar refractivity (Wildman–Crippen MR) is 96.2 cm³/mol. The van der Waals surface area contributed by atoms with Crippen molar-refractivity contribution >= 4 is 17.5 Å². The molecule has 138 valence electrons. The first kappa shape index (κ1) is 18.1. The number of likely N-dealkylation sites (tertiary alicyclic amines) is 1. The van der Waals surface area contributed by atoms with Crippen molar-refractivity contribution in [2.24, 2.45) is 5.92 Å². The maximum absolute atomic E-state index is 13.0. The van der Waals surface area contributed by atoms with Crippen LogP contribution < -0.4 is 5.32 Å². The highest BCUT2D eigenvalue weighted by atomic mass is 16.6. The molecule has 7 nitrogen and oxygen atoms in total. The van der Waals surface area contributed by atoms with Crippen LogP contribution in [-0.2, 0) is 9.59 Å². The van der Waals surface area contributed by atoms with Crippen molar-refractivity contribution in [3.8, 4) is 0 Å². The Morgan fingerprint density at radius 1 is 1.23 bits per heavy atom. The summed E-state index contributed by atoms with van der Waals surface area (Å²) in [6.07, 6.45) is 5.47. The van der Waals surface area contributed by atoms with Crippen LogP contribution in [0.3, 0.4) is 0 Å². The average molecular weight is 357 g/mol. The van der Waals surface area contributed by atoms with Gasteiger partial charge in [-0.1, -0.05) is 12.2 Å². The number of carbonyl (C=O) groups excluding carboxylic acids is 2. The zero-order valence-electron chi connectivity index (χ0n) is 15.1. The molecule has 0 aromatic heterocycles. The standard InChI is InChI=1S/C19H23N3O4/c1-19(2,3)20-17(23)16(12-8-10-13(11-9-12)22(25)26)21-15-7-5-4-6-14(15)18(21)24/h4-5,8-11,14-16H,6-7H2,1-3H3,(H,20,23)/t14-,15+,16?/m1/s1. The number of rotatable bonds is 4. The van der Waals surface area contributed by atoms with Crippen LogP contribution >= 0.6 is 0 Å². The van der Waals surface area contributed by atoms with Crippen LogP contribution in [0.5, 0.6) is 0 Å². The van der Waals surface area contributed by atoms with Crippen molar-refractivity contribution in [3.63, 3.8) is 0 Å². The van der Waals surface area contributed by atoms with Crippen LogP contribution in [0.15, 0.2) is 36.4 Å². The van der Waals surface area contributed by atoms with Gasteiger partial charge in [-0.05, 0) is 51.3 Å². The monoisotopic (exact) mass is 357 g/mol. The van der Waals surface area contributed by atoms with Crippen LogP contribution in [0.2, 0.25) is 0 Å². The van der Waals surface area contributed by atoms with E-state index in [4.69, 9.17) is 0 Å². The number of nitrogens with zero attached hydrogens (tertiary/aromatic N) is 2. The van der Waals surface area contributed by atoms with E-state index in [-0.39, 0.29) is 29.5 Å². The smallest absolute Gasteiger partial charge is 0.269 e. The number of nitrogens with one attached hydrogen (secondary N) is 1. The van der Waals surface area contributed by atoms with Crippen molar-refractivity contribution in [3.05, 3.63) is 52.1 Å². The normalized spacial score (nSPS) is 23.0. The van der Waals surface area contributed by atoms with Crippen LogP contribution in [0.25, 0.3) is 0 Å². The zero-order chi connectivity index (χ0) is 19.1. The lowest BCUT2D eigenvalue weighted by Crippen LogP contribution is -2.64. The second kappa shape index (κ2) is 6.55. The predicted octanol–water partition coefficient (Wildman–Crippen LogP) is 2.73. The van der Waals surface area contributed by atoms with Gasteiger partial charge in [0.1, 0.15) is 6.04 Å². The fraction of sp³-hybridized carbons (Fsp3) is 0.474. The highest BCUT2D eigenvalue weighted by Crippen LogP contribution is 2.42. The Labute approximate surface area is 152 Å². The molecular formula is C19H23N3O4. The number of β-lactam (4-membered cyclic amide) rings is 1. The van der Waals surface area contributed by atoms with Gasteiger partial charge in [0.15, 0.2) is 0 Å². The average Bonchev–Trinajstić information content (AvgIpc) is 2.57. The first-order valence-corrected chi connectivity index (χ1v) is 8.72. The Morgan fingerprint density at radius 2 is 1.85 bits per heavy atom. The van der Waals surface area contributed by atoms with E-state index in [1.54, 1.807) is 17.0 Å². The first-order valence-electron chi connectivity index (χ1n) is 8.72. The summed E-state index contributed by atoms with van der Waals surface area (Å²) in [4.78, 5) is 37.7. The summed E-state index contributed by atoms with van der Waals surface area (Å²) < 4.78 is 0. The Bertz CT molecular complexity index is 764. The third kappa shape index (κ3) is 3.34. The fourth-order valence-corrected chi connectivity index (χ4v) is 3.62. The molecule has 2 aliphatic rings. The van der Waals surface area contributed by atoms with E-state index in [0.29, 0.717) is 12.0 Å². The van der Waals surface area contributed by atoms with Crippen LogP contribution in [0, 0.1) is 16.0 Å². The number of nitro groups is 1. The highest BCUT2D eigenvalue weighted by Gasteiger charge is 2.52. The number of carbonyl (C=O) groups is 2. The van der Waals surface area contributed by atoms with E-state index in [1.165, 1.54) is 12.1 Å². The van der Waals surface area contributed by atoms with Crippen LogP contribution in [0.1, 0.15) is 45.2 Å². The Kier molecular flexibility index (Phi) is 4.56. The van der Waals surface area contributed by atoms with Gasteiger partial charge in [0.05, 0.1) is 10.8 Å². The summed E-state index contributed by atoms with van der Waals surface area (Å²) in [6, 6.07) is 5.08. The molecule has 1 heterocycles. The summed E-state index contributed by atoms with van der Waals surface area (Å²) in [6.45, 7) is 5.63. The SMILES string of the molecule is CC(C)(C)NC(=O)C(c1ccc([N+](=O)[O-])cc1)N1C(=O)[C@@H]2CC=CC[C@@H]21. The molecule has 0 saturated carbocycles. The molecule has 0 spiro atoms. The molecule has 3 rings (SSSR count). The fourth-order valence-electron chi connectivity index (χ4n) is 3.62. The van der Waals surface area contributed by atoms with Gasteiger partial charge in [0.25, 0.3) is 5.69 Å². The molecule has 1 aliphatic carbocycles. The van der Waals surface area contributed by atoms with Gasteiger partial charge in [-0.25, -0.2) is 0 Å². The van der Waals surface area contributed by atoms with Gasteiger partial charge in [0, 0.05) is 23.7 Å². The number of non-ortho nitro benzene ring substituents is 1. The third-order valence-electron chi connectivity index (χ3n) is 4.77. The van der Waals surface area contributed by atoms with Gasteiger partial charge in [-0.15, -0.1) is 0 Å². The van der Waals surface area contributed by atoms with Gasteiger partial charge < -0.3 is 10.2 Å². The van der Waals surface area contributed by atoms with E-state index in [0.717, 1.165) is 6.42 Å². The maximum Gasteiger partial charge on any atom is 0.269 e. The number of allylic oxidation sites excluding steroid dienone is 1. The molecule has 1 saturated heterocycles. The van der Waals surface area contributed by atoms with E-state index in [1.807, 2.05) is 32.9 Å². The topological polar surface area (TPSA) is 92.5 Å². The minimum atomic E-state index is -0.782. The highest BCUT2D eigenvalue weighted by molar-refractivity contribution is 5.94. The summed E-state index contributed by atoms with van der Waals surface area (Å²) in [5, 5.41) is 13.8. The molecule has 7 heteroatoms. The van der Waals surface area contributed by atoms with E-state index >= 15 is 0 Å². The van der Waals surface area contributed by atoms with Crippen molar-refractivity contribution in [1.29, 1.82) is 0 Å². The Balaban J connectivity index is 1.94. The number of nitro benzene ring substituents is 1. The minimum absolute atomic E-state index is 0.00147. The van der Waals surface area contributed by atoms with E-state index < -0.39 is 16.5 Å². The summed E-state index contributed by atoms with van der Waals surface area (Å²) in [7, 11) is 0. The summed E-state index contributed by atoms with van der Waals surface area (Å²) >= 11 is 0. The van der Waals surface area contributed by atoms with Crippen LogP contribution in [0.4, 0.5) is 5.69 Å². The molecule has 2 amide bonds. The quantitative estimate of drug-likeness (QED) is 0.388. The molecule has 26 heavy (non-hydrogen) atoms. The molecule has 1 aliphatic heterocycles. The molecule has 3 atom stereocenters. The molecule has 1 fully saturated rings. The molecule has 1 N–H and O–H groups in total. The number of fused-ring (bicyclic) bond motifs is 1. The molecule has 1 aromatic rings.